The van der Waals surface area contributed by atoms with Gasteiger partial charge in [0, 0.05) is 16.2 Å². The van der Waals surface area contributed by atoms with Crippen LogP contribution in [0, 0.1) is 6.92 Å². The lowest BCUT2D eigenvalue weighted by Crippen LogP contribution is -2.00. The molecule has 2 aromatic carbocycles. The normalized spacial score (nSPS) is 10.8. The van der Waals surface area contributed by atoms with E-state index in [-0.39, 0.29) is 0 Å². The molecule has 2 N–H and O–H groups in total. The highest BCUT2D eigenvalue weighted by Crippen LogP contribution is 2.24. The van der Waals surface area contributed by atoms with Crippen LogP contribution in [0.1, 0.15) is 11.1 Å². The van der Waals surface area contributed by atoms with Gasteiger partial charge < -0.3 is 5.73 Å². The van der Waals surface area contributed by atoms with Crippen molar-refractivity contribution in [3.63, 3.8) is 0 Å². The van der Waals surface area contributed by atoms with Crippen molar-refractivity contribution in [2.24, 2.45) is 0 Å². The third kappa shape index (κ3) is 3.16. The Hall–Kier alpha value is -2.07. The molecule has 3 nitrogen and oxygen atoms in total. The summed E-state index contributed by atoms with van der Waals surface area (Å²) in [5.41, 5.74) is 11.1. The zero-order valence-electron chi connectivity index (χ0n) is 11.8. The van der Waals surface area contributed by atoms with Gasteiger partial charge in [-0.3, -0.25) is 4.68 Å². The van der Waals surface area contributed by atoms with E-state index in [0.29, 0.717) is 12.2 Å². The number of benzene rings is 2. The summed E-state index contributed by atoms with van der Waals surface area (Å²) in [5.74, 6) is 0. The number of nitrogen functional groups attached to an aromatic ring is 1. The fourth-order valence-electron chi connectivity index (χ4n) is 2.23. The molecule has 0 bridgehead atoms. The van der Waals surface area contributed by atoms with Crippen molar-refractivity contribution < 1.29 is 0 Å². The number of halogens is 1. The summed E-state index contributed by atoms with van der Waals surface area (Å²) in [4.78, 5) is 0. The Morgan fingerprint density at radius 1 is 1.05 bits per heavy atom. The monoisotopic (exact) mass is 341 g/mol. The highest BCUT2D eigenvalue weighted by molar-refractivity contribution is 9.10. The maximum absolute atomic E-state index is 6.10. The summed E-state index contributed by atoms with van der Waals surface area (Å²) in [6, 6.07) is 16.5. The molecular weight excluding hydrogens is 326 g/mol. The Balaban J connectivity index is 1.87. The van der Waals surface area contributed by atoms with Gasteiger partial charge >= 0.3 is 0 Å². The molecular formula is C17H16BrN3. The molecule has 0 aliphatic rings. The van der Waals surface area contributed by atoms with Crippen LogP contribution < -0.4 is 5.73 Å². The maximum Gasteiger partial charge on any atom is 0.115 e. The van der Waals surface area contributed by atoms with Crippen LogP contribution in [0.15, 0.2) is 59.2 Å². The number of anilines is 1. The van der Waals surface area contributed by atoms with Gasteiger partial charge in [-0.25, -0.2) is 0 Å². The number of rotatable bonds is 3. The highest BCUT2D eigenvalue weighted by Gasteiger charge is 2.08. The number of hydrogen-bond acceptors (Lipinski definition) is 2. The molecule has 4 heteroatoms. The van der Waals surface area contributed by atoms with Gasteiger partial charge in [-0.15, -0.1) is 0 Å². The average Bonchev–Trinajstić information content (AvgIpc) is 2.83. The number of nitrogens with two attached hydrogens (primary N) is 1. The smallest absolute Gasteiger partial charge is 0.115 e. The van der Waals surface area contributed by atoms with Gasteiger partial charge in [0.25, 0.3) is 0 Å². The lowest BCUT2D eigenvalue weighted by molar-refractivity contribution is 0.689. The quantitative estimate of drug-likeness (QED) is 0.773. The minimum Gasteiger partial charge on any atom is -0.396 e. The van der Waals surface area contributed by atoms with E-state index in [1.165, 1.54) is 11.1 Å². The van der Waals surface area contributed by atoms with Crippen LogP contribution in [-0.4, -0.2) is 9.78 Å². The van der Waals surface area contributed by atoms with Gasteiger partial charge in [-0.1, -0.05) is 57.9 Å². The van der Waals surface area contributed by atoms with E-state index >= 15 is 0 Å². The van der Waals surface area contributed by atoms with Crippen molar-refractivity contribution in [1.29, 1.82) is 0 Å². The van der Waals surface area contributed by atoms with E-state index in [2.05, 4.69) is 64.4 Å². The number of aromatic nitrogens is 2. The second-order valence-corrected chi connectivity index (χ2v) is 6.04. The summed E-state index contributed by atoms with van der Waals surface area (Å²) in [6.07, 6.45) is 1.89. The first-order chi connectivity index (χ1) is 10.1. The van der Waals surface area contributed by atoms with Crippen LogP contribution in [0.25, 0.3) is 11.3 Å². The maximum atomic E-state index is 6.10. The summed E-state index contributed by atoms with van der Waals surface area (Å²) >= 11 is 3.44. The van der Waals surface area contributed by atoms with Crippen molar-refractivity contribution in [3.8, 4) is 11.3 Å². The Kier molecular flexibility index (Phi) is 3.80. The van der Waals surface area contributed by atoms with Crippen LogP contribution >= 0.6 is 15.9 Å². The molecule has 1 heterocycles. The molecule has 21 heavy (non-hydrogen) atoms. The van der Waals surface area contributed by atoms with Crippen molar-refractivity contribution in [1.82, 2.24) is 9.78 Å². The molecule has 0 unspecified atom stereocenters. The molecule has 0 saturated carbocycles. The van der Waals surface area contributed by atoms with Gasteiger partial charge in [-0.2, -0.15) is 5.10 Å². The molecule has 3 rings (SSSR count). The zero-order valence-corrected chi connectivity index (χ0v) is 13.3. The second kappa shape index (κ2) is 5.74. The molecule has 0 saturated heterocycles. The molecule has 0 amide bonds. The van der Waals surface area contributed by atoms with Crippen molar-refractivity contribution in [2.75, 3.05) is 5.73 Å². The molecule has 0 radical (unpaired) electrons. The van der Waals surface area contributed by atoms with Gasteiger partial charge in [0.05, 0.1) is 12.2 Å². The molecule has 1 aromatic heterocycles. The Labute approximate surface area is 132 Å². The summed E-state index contributed by atoms with van der Waals surface area (Å²) in [5, 5.41) is 4.61. The van der Waals surface area contributed by atoms with Crippen LogP contribution in [0.3, 0.4) is 0 Å². The Morgan fingerprint density at radius 2 is 1.71 bits per heavy atom. The van der Waals surface area contributed by atoms with Crippen molar-refractivity contribution >= 4 is 21.6 Å². The number of nitrogens with zero attached hydrogens (tertiary/aromatic N) is 2. The third-order valence-corrected chi connectivity index (χ3v) is 3.90. The van der Waals surface area contributed by atoms with Crippen LogP contribution in [0.4, 0.5) is 5.69 Å². The van der Waals surface area contributed by atoms with Gasteiger partial charge in [0.1, 0.15) is 5.69 Å². The van der Waals surface area contributed by atoms with Gasteiger partial charge in [0.2, 0.25) is 0 Å². The van der Waals surface area contributed by atoms with E-state index in [1.807, 2.05) is 23.0 Å². The molecule has 0 aliphatic heterocycles. The third-order valence-electron chi connectivity index (χ3n) is 3.37. The predicted molar refractivity (Wildman–Crippen MR) is 90.1 cm³/mol. The Morgan fingerprint density at radius 3 is 2.38 bits per heavy atom. The summed E-state index contributed by atoms with van der Waals surface area (Å²) < 4.78 is 2.96. The number of aryl methyl sites for hydroxylation is 1. The molecule has 0 atom stereocenters. The SMILES string of the molecule is Cc1ccc(-c2nn(Cc3ccc(Br)cc3)cc2N)cc1. The van der Waals surface area contributed by atoms with Crippen molar-refractivity contribution in [3.05, 3.63) is 70.3 Å². The lowest BCUT2D eigenvalue weighted by atomic mass is 10.1. The first-order valence-corrected chi connectivity index (χ1v) is 7.55. The first-order valence-electron chi connectivity index (χ1n) is 6.76. The average molecular weight is 342 g/mol. The molecule has 3 aromatic rings. The summed E-state index contributed by atoms with van der Waals surface area (Å²) in [6.45, 7) is 2.78. The minimum atomic E-state index is 0.705. The largest absolute Gasteiger partial charge is 0.396 e. The predicted octanol–water partition coefficient (Wildman–Crippen LogP) is 4.25. The van der Waals surface area contributed by atoms with Crippen molar-refractivity contribution in [2.45, 2.75) is 13.5 Å². The topological polar surface area (TPSA) is 43.8 Å². The summed E-state index contributed by atoms with van der Waals surface area (Å²) in [7, 11) is 0. The molecule has 106 valence electrons. The van der Waals surface area contributed by atoms with E-state index in [9.17, 15) is 0 Å². The molecule has 0 fully saturated rings. The standard InChI is InChI=1S/C17H16BrN3/c1-12-2-6-14(7-3-12)17-16(19)11-21(20-17)10-13-4-8-15(18)9-5-13/h2-9,11H,10,19H2,1H3. The fourth-order valence-corrected chi connectivity index (χ4v) is 2.49. The zero-order chi connectivity index (χ0) is 14.8. The van der Waals surface area contributed by atoms with E-state index in [1.54, 1.807) is 0 Å². The molecule has 0 aliphatic carbocycles. The van der Waals surface area contributed by atoms with E-state index in [0.717, 1.165) is 15.7 Å². The number of hydrogen-bond donors (Lipinski definition) is 1. The lowest BCUT2D eigenvalue weighted by Gasteiger charge is -2.02. The van der Waals surface area contributed by atoms with E-state index < -0.39 is 0 Å². The van der Waals surface area contributed by atoms with Crippen LogP contribution in [0.2, 0.25) is 0 Å². The second-order valence-electron chi connectivity index (χ2n) is 5.12. The Bertz CT molecular complexity index is 743. The van der Waals surface area contributed by atoms with Gasteiger partial charge in [0.15, 0.2) is 0 Å². The van der Waals surface area contributed by atoms with E-state index in [4.69, 9.17) is 5.73 Å². The fraction of sp³-hybridized carbons (Fsp3) is 0.118. The minimum absolute atomic E-state index is 0.705. The molecule has 0 spiro atoms. The highest BCUT2D eigenvalue weighted by atomic mass is 79.9. The van der Waals surface area contributed by atoms with Crippen LogP contribution in [0.5, 0.6) is 0 Å². The first kappa shape index (κ1) is 13.9. The van der Waals surface area contributed by atoms with Gasteiger partial charge in [-0.05, 0) is 24.6 Å². The van der Waals surface area contributed by atoms with Crippen LogP contribution in [-0.2, 0) is 6.54 Å².